The molecule has 1 saturated heterocycles. The van der Waals surface area contributed by atoms with Crippen molar-refractivity contribution in [3.8, 4) is 0 Å². The van der Waals surface area contributed by atoms with Gasteiger partial charge in [-0.3, -0.25) is 4.79 Å². The molecule has 3 nitrogen and oxygen atoms in total. The second-order valence-electron chi connectivity index (χ2n) is 8.66. The lowest BCUT2D eigenvalue weighted by Crippen LogP contribution is -2.28. The number of allylic oxidation sites excluding steroid dienone is 1. The van der Waals surface area contributed by atoms with Gasteiger partial charge < -0.3 is 10.2 Å². The fourth-order valence-electron chi connectivity index (χ4n) is 3.91. The van der Waals surface area contributed by atoms with E-state index in [0.717, 1.165) is 29.8 Å². The van der Waals surface area contributed by atoms with Gasteiger partial charge in [0, 0.05) is 30.6 Å². The predicted molar refractivity (Wildman–Crippen MR) is 126 cm³/mol. The molecule has 2 unspecified atom stereocenters. The van der Waals surface area contributed by atoms with Crippen LogP contribution in [0.15, 0.2) is 78.4 Å². The van der Waals surface area contributed by atoms with Gasteiger partial charge >= 0.3 is 0 Å². The molecule has 158 valence electrons. The van der Waals surface area contributed by atoms with Crippen LogP contribution in [0.5, 0.6) is 0 Å². The van der Waals surface area contributed by atoms with Crippen molar-refractivity contribution in [3.05, 3.63) is 89.5 Å². The first-order valence-corrected chi connectivity index (χ1v) is 11.0. The topological polar surface area (TPSA) is 32.3 Å². The van der Waals surface area contributed by atoms with Gasteiger partial charge in [-0.15, -0.1) is 0 Å². The second kappa shape index (κ2) is 10.4. The lowest BCUT2D eigenvalue weighted by Gasteiger charge is -2.16. The minimum Gasteiger partial charge on any atom is -0.334 e. The normalized spacial score (nSPS) is 19.7. The molecule has 2 aromatic rings. The third kappa shape index (κ3) is 5.70. The molecule has 1 fully saturated rings. The molecule has 0 bridgehead atoms. The van der Waals surface area contributed by atoms with E-state index in [-0.39, 0.29) is 17.9 Å². The summed E-state index contributed by atoms with van der Waals surface area (Å²) in [7, 11) is 0. The van der Waals surface area contributed by atoms with E-state index in [1.54, 1.807) is 0 Å². The van der Waals surface area contributed by atoms with Crippen LogP contribution in [0.4, 0.5) is 0 Å². The number of likely N-dealkylation sites (tertiary alicyclic amines) is 1. The monoisotopic (exact) mass is 402 g/mol. The minimum absolute atomic E-state index is 0.102. The lowest BCUT2D eigenvalue weighted by atomic mass is 9.93. The molecule has 1 N–H and O–H groups in total. The van der Waals surface area contributed by atoms with Crippen LogP contribution < -0.4 is 5.32 Å². The number of carbonyl (C=O) groups excluding carboxylic acids is 1. The molecule has 1 aliphatic heterocycles. The van der Waals surface area contributed by atoms with Crippen molar-refractivity contribution in [2.75, 3.05) is 13.1 Å². The smallest absolute Gasteiger partial charge is 0.251 e. The number of hydrogen-bond acceptors (Lipinski definition) is 2. The van der Waals surface area contributed by atoms with Crippen molar-refractivity contribution in [1.29, 1.82) is 0 Å². The summed E-state index contributed by atoms with van der Waals surface area (Å²) in [6, 6.07) is 20.8. The first-order chi connectivity index (χ1) is 14.5. The lowest BCUT2D eigenvalue weighted by molar-refractivity contribution is -0.125. The molecular weight excluding hydrogens is 368 g/mol. The molecule has 1 amide bonds. The molecule has 0 radical (unpaired) electrons. The van der Waals surface area contributed by atoms with Gasteiger partial charge in [-0.2, -0.15) is 0 Å². The standard InChI is InChI=1S/C27H34N2O/c1-20(2)17-28-21(3)15-16-25-19-29(18-23-11-7-5-8-12-23)27(30)26(25)22(4)24-13-9-6-10-14-24/h5-16,20-21,25,28H,17-19H2,1-4H3/b16-15+,26-22-. The molecule has 0 saturated carbocycles. The van der Waals surface area contributed by atoms with E-state index >= 15 is 0 Å². The van der Waals surface area contributed by atoms with Crippen molar-refractivity contribution < 1.29 is 4.79 Å². The first kappa shape index (κ1) is 22.0. The maximum Gasteiger partial charge on any atom is 0.251 e. The highest BCUT2D eigenvalue weighted by Gasteiger charge is 2.35. The summed E-state index contributed by atoms with van der Waals surface area (Å²) < 4.78 is 0. The summed E-state index contributed by atoms with van der Waals surface area (Å²) in [5.74, 6) is 0.869. The Morgan fingerprint density at radius 1 is 1.07 bits per heavy atom. The van der Waals surface area contributed by atoms with Gasteiger partial charge in [0.2, 0.25) is 0 Å². The summed E-state index contributed by atoms with van der Waals surface area (Å²) >= 11 is 0. The Balaban J connectivity index is 1.86. The highest BCUT2D eigenvalue weighted by molar-refractivity contribution is 6.03. The van der Waals surface area contributed by atoms with Gasteiger partial charge in [-0.05, 0) is 43.0 Å². The third-order valence-electron chi connectivity index (χ3n) is 5.61. The zero-order valence-electron chi connectivity index (χ0n) is 18.6. The maximum atomic E-state index is 13.4. The van der Waals surface area contributed by atoms with Crippen LogP contribution in [0.1, 0.15) is 38.8 Å². The van der Waals surface area contributed by atoms with Gasteiger partial charge in [-0.1, -0.05) is 86.7 Å². The molecule has 3 rings (SSSR count). The zero-order chi connectivity index (χ0) is 21.5. The van der Waals surface area contributed by atoms with E-state index in [9.17, 15) is 4.79 Å². The SMILES string of the molecule is C/C(=C1/C(=O)N(Cc2ccccc2)CC1/C=C/C(C)NCC(C)C)c1ccccc1. The molecule has 30 heavy (non-hydrogen) atoms. The van der Waals surface area contributed by atoms with Crippen LogP contribution in [0.25, 0.3) is 5.57 Å². The fraction of sp³-hybridized carbons (Fsp3) is 0.370. The van der Waals surface area contributed by atoms with E-state index in [1.807, 2.05) is 41.3 Å². The number of benzene rings is 2. The van der Waals surface area contributed by atoms with Crippen molar-refractivity contribution in [2.24, 2.45) is 11.8 Å². The van der Waals surface area contributed by atoms with E-state index in [2.05, 4.69) is 69.4 Å². The highest BCUT2D eigenvalue weighted by Crippen LogP contribution is 2.33. The summed E-state index contributed by atoms with van der Waals surface area (Å²) in [6.45, 7) is 11.0. The average Bonchev–Trinajstić information content (AvgIpc) is 3.06. The fourth-order valence-corrected chi connectivity index (χ4v) is 3.91. The molecular formula is C27H34N2O. The van der Waals surface area contributed by atoms with E-state index in [4.69, 9.17) is 0 Å². The summed E-state index contributed by atoms with van der Waals surface area (Å²) in [5, 5.41) is 3.54. The largest absolute Gasteiger partial charge is 0.334 e. The van der Waals surface area contributed by atoms with Gasteiger partial charge in [0.15, 0.2) is 0 Å². The van der Waals surface area contributed by atoms with Crippen molar-refractivity contribution in [3.63, 3.8) is 0 Å². The molecule has 1 aliphatic rings. The zero-order valence-corrected chi connectivity index (χ0v) is 18.6. The van der Waals surface area contributed by atoms with Crippen molar-refractivity contribution in [2.45, 2.75) is 40.3 Å². The van der Waals surface area contributed by atoms with Crippen LogP contribution in [0, 0.1) is 11.8 Å². The average molecular weight is 403 g/mol. The molecule has 2 atom stereocenters. The Hall–Kier alpha value is -2.65. The van der Waals surface area contributed by atoms with Crippen molar-refractivity contribution in [1.82, 2.24) is 10.2 Å². The van der Waals surface area contributed by atoms with Crippen LogP contribution in [0.2, 0.25) is 0 Å². The van der Waals surface area contributed by atoms with Crippen LogP contribution in [-0.4, -0.2) is 29.9 Å². The number of nitrogens with zero attached hydrogens (tertiary/aromatic N) is 1. The molecule has 0 aliphatic carbocycles. The molecule has 2 aromatic carbocycles. The summed E-state index contributed by atoms with van der Waals surface area (Å²) in [6.07, 6.45) is 4.44. The number of hydrogen-bond donors (Lipinski definition) is 1. The number of carbonyl (C=O) groups is 1. The molecule has 1 heterocycles. The van der Waals surface area contributed by atoms with Gasteiger partial charge in [0.05, 0.1) is 0 Å². The third-order valence-corrected chi connectivity index (χ3v) is 5.61. The quantitative estimate of drug-likeness (QED) is 0.479. The van der Waals surface area contributed by atoms with E-state index in [1.165, 1.54) is 5.56 Å². The van der Waals surface area contributed by atoms with Gasteiger partial charge in [-0.25, -0.2) is 0 Å². The van der Waals surface area contributed by atoms with E-state index in [0.29, 0.717) is 12.5 Å². The minimum atomic E-state index is 0.102. The Morgan fingerprint density at radius 3 is 2.33 bits per heavy atom. The Labute approximate surface area is 181 Å². The highest BCUT2D eigenvalue weighted by atomic mass is 16.2. The molecule has 0 spiro atoms. The number of nitrogens with one attached hydrogen (secondary N) is 1. The van der Waals surface area contributed by atoms with Gasteiger partial charge in [0.25, 0.3) is 5.91 Å². The summed E-state index contributed by atoms with van der Waals surface area (Å²) in [4.78, 5) is 15.4. The second-order valence-corrected chi connectivity index (χ2v) is 8.66. The number of amides is 1. The van der Waals surface area contributed by atoms with Crippen LogP contribution in [-0.2, 0) is 11.3 Å². The maximum absolute atomic E-state index is 13.4. The van der Waals surface area contributed by atoms with Crippen LogP contribution in [0.3, 0.4) is 0 Å². The molecule has 3 heteroatoms. The van der Waals surface area contributed by atoms with Crippen molar-refractivity contribution >= 4 is 11.5 Å². The number of rotatable bonds is 8. The Kier molecular flexibility index (Phi) is 7.64. The first-order valence-electron chi connectivity index (χ1n) is 11.0. The predicted octanol–water partition coefficient (Wildman–Crippen LogP) is 5.31. The Morgan fingerprint density at radius 2 is 1.70 bits per heavy atom. The van der Waals surface area contributed by atoms with Gasteiger partial charge in [0.1, 0.15) is 0 Å². The summed E-state index contributed by atoms with van der Waals surface area (Å²) in [5.41, 5.74) is 4.28. The Bertz CT molecular complexity index is 884. The van der Waals surface area contributed by atoms with Crippen LogP contribution >= 0.6 is 0 Å². The molecule has 0 aromatic heterocycles. The van der Waals surface area contributed by atoms with E-state index < -0.39 is 0 Å².